The fourth-order valence-electron chi connectivity index (χ4n) is 2.92. The highest BCUT2D eigenvalue weighted by Gasteiger charge is 2.18. The zero-order valence-electron chi connectivity index (χ0n) is 13.6. The van der Waals surface area contributed by atoms with E-state index in [4.69, 9.17) is 11.6 Å². The number of fused-ring (bicyclic) bond motifs is 1. The SMILES string of the molecule is CCc1ccc(-c2csc3nc(-c4ccc(Cl)cc4)c(C=O)n23)cc1. The highest BCUT2D eigenvalue weighted by Crippen LogP contribution is 2.32. The first-order valence-corrected chi connectivity index (χ1v) is 9.27. The van der Waals surface area contributed by atoms with Crippen LogP contribution in [0, 0.1) is 0 Å². The summed E-state index contributed by atoms with van der Waals surface area (Å²) in [5, 5.41) is 2.70. The molecule has 2 aromatic heterocycles. The van der Waals surface area contributed by atoms with Crippen LogP contribution in [0.4, 0.5) is 0 Å². The minimum atomic E-state index is 0.563. The Kier molecular flexibility index (Phi) is 4.15. The fourth-order valence-corrected chi connectivity index (χ4v) is 3.95. The molecular formula is C20H15ClN2OS. The van der Waals surface area contributed by atoms with Crippen molar-refractivity contribution in [1.29, 1.82) is 0 Å². The molecule has 5 heteroatoms. The second-order valence-corrected chi connectivity index (χ2v) is 7.03. The molecule has 2 aromatic carbocycles. The molecule has 0 unspecified atom stereocenters. The number of rotatable bonds is 4. The van der Waals surface area contributed by atoms with Gasteiger partial charge in [0.2, 0.25) is 0 Å². The number of nitrogens with zero attached hydrogens (tertiary/aromatic N) is 2. The summed E-state index contributed by atoms with van der Waals surface area (Å²) in [6.07, 6.45) is 1.88. The van der Waals surface area contributed by atoms with Crippen LogP contribution in [0.1, 0.15) is 23.0 Å². The normalized spacial score (nSPS) is 11.1. The maximum Gasteiger partial charge on any atom is 0.195 e. The van der Waals surface area contributed by atoms with Gasteiger partial charge in [0, 0.05) is 16.0 Å². The van der Waals surface area contributed by atoms with Crippen molar-refractivity contribution in [3.8, 4) is 22.5 Å². The smallest absolute Gasteiger partial charge is 0.195 e. The Bertz CT molecular complexity index is 1050. The Morgan fingerprint density at radius 3 is 2.40 bits per heavy atom. The first-order valence-electron chi connectivity index (χ1n) is 8.01. The molecular weight excluding hydrogens is 352 g/mol. The van der Waals surface area contributed by atoms with E-state index in [-0.39, 0.29) is 0 Å². The molecule has 0 aliphatic heterocycles. The van der Waals surface area contributed by atoms with Gasteiger partial charge in [-0.3, -0.25) is 9.20 Å². The van der Waals surface area contributed by atoms with Gasteiger partial charge in [0.25, 0.3) is 0 Å². The van der Waals surface area contributed by atoms with E-state index in [2.05, 4.69) is 36.2 Å². The van der Waals surface area contributed by atoms with Gasteiger partial charge in [0.1, 0.15) is 11.4 Å². The number of carbonyl (C=O) groups is 1. The Labute approximate surface area is 154 Å². The van der Waals surface area contributed by atoms with E-state index in [1.54, 1.807) is 0 Å². The Morgan fingerprint density at radius 2 is 1.76 bits per heavy atom. The molecule has 0 fully saturated rings. The largest absolute Gasteiger partial charge is 0.296 e. The third kappa shape index (κ3) is 2.77. The zero-order chi connectivity index (χ0) is 17.4. The van der Waals surface area contributed by atoms with Gasteiger partial charge in [0.15, 0.2) is 11.2 Å². The second-order valence-electron chi connectivity index (χ2n) is 5.76. The number of imidazole rings is 1. The third-order valence-electron chi connectivity index (χ3n) is 4.29. The van der Waals surface area contributed by atoms with Gasteiger partial charge in [-0.2, -0.15) is 0 Å². The predicted molar refractivity (Wildman–Crippen MR) is 104 cm³/mol. The van der Waals surface area contributed by atoms with Crippen molar-refractivity contribution in [2.75, 3.05) is 0 Å². The number of carbonyl (C=O) groups excluding carboxylic acids is 1. The molecule has 0 atom stereocenters. The molecule has 0 bridgehead atoms. The molecule has 0 aliphatic rings. The topological polar surface area (TPSA) is 34.4 Å². The molecule has 2 heterocycles. The van der Waals surface area contributed by atoms with Gasteiger partial charge in [-0.15, -0.1) is 11.3 Å². The number of aromatic nitrogens is 2. The van der Waals surface area contributed by atoms with E-state index in [9.17, 15) is 4.79 Å². The van der Waals surface area contributed by atoms with Crippen molar-refractivity contribution in [2.45, 2.75) is 13.3 Å². The van der Waals surface area contributed by atoms with Gasteiger partial charge in [-0.1, -0.05) is 54.9 Å². The summed E-state index contributed by atoms with van der Waals surface area (Å²) in [6, 6.07) is 15.8. The van der Waals surface area contributed by atoms with Crippen LogP contribution >= 0.6 is 22.9 Å². The van der Waals surface area contributed by atoms with E-state index < -0.39 is 0 Å². The number of hydrogen-bond donors (Lipinski definition) is 0. The van der Waals surface area contributed by atoms with Crippen LogP contribution in [0.15, 0.2) is 53.9 Å². The van der Waals surface area contributed by atoms with E-state index in [1.165, 1.54) is 16.9 Å². The molecule has 0 N–H and O–H groups in total. The first kappa shape index (κ1) is 16.1. The molecule has 124 valence electrons. The summed E-state index contributed by atoms with van der Waals surface area (Å²) < 4.78 is 1.93. The highest BCUT2D eigenvalue weighted by atomic mass is 35.5. The molecule has 0 radical (unpaired) electrons. The van der Waals surface area contributed by atoms with Gasteiger partial charge >= 0.3 is 0 Å². The number of benzene rings is 2. The summed E-state index contributed by atoms with van der Waals surface area (Å²) in [5.41, 5.74) is 5.48. The maximum absolute atomic E-state index is 11.8. The summed E-state index contributed by atoms with van der Waals surface area (Å²) >= 11 is 7.50. The summed E-state index contributed by atoms with van der Waals surface area (Å²) in [5.74, 6) is 0. The Morgan fingerprint density at radius 1 is 1.08 bits per heavy atom. The number of thiazole rings is 1. The van der Waals surface area contributed by atoms with E-state index >= 15 is 0 Å². The molecule has 0 saturated heterocycles. The number of aryl methyl sites for hydroxylation is 1. The fraction of sp³-hybridized carbons (Fsp3) is 0.100. The van der Waals surface area contributed by atoms with Crippen LogP contribution in [-0.2, 0) is 6.42 Å². The predicted octanol–water partition coefficient (Wildman–Crippen LogP) is 5.76. The zero-order valence-corrected chi connectivity index (χ0v) is 15.1. The van der Waals surface area contributed by atoms with Crippen LogP contribution in [0.25, 0.3) is 27.5 Å². The lowest BCUT2D eigenvalue weighted by Crippen LogP contribution is -1.94. The lowest BCUT2D eigenvalue weighted by Gasteiger charge is -2.04. The number of halogens is 1. The van der Waals surface area contributed by atoms with Gasteiger partial charge in [-0.05, 0) is 29.7 Å². The van der Waals surface area contributed by atoms with Crippen LogP contribution in [0.2, 0.25) is 5.02 Å². The van der Waals surface area contributed by atoms with Crippen molar-refractivity contribution < 1.29 is 4.79 Å². The van der Waals surface area contributed by atoms with Crippen LogP contribution in [0.3, 0.4) is 0 Å². The quantitative estimate of drug-likeness (QED) is 0.430. The van der Waals surface area contributed by atoms with Gasteiger partial charge < -0.3 is 0 Å². The molecule has 3 nitrogen and oxygen atoms in total. The van der Waals surface area contributed by atoms with Crippen molar-refractivity contribution >= 4 is 34.2 Å². The minimum Gasteiger partial charge on any atom is -0.296 e. The third-order valence-corrected chi connectivity index (χ3v) is 5.36. The molecule has 4 aromatic rings. The van der Waals surface area contributed by atoms with Gasteiger partial charge in [0.05, 0.1) is 5.69 Å². The monoisotopic (exact) mass is 366 g/mol. The molecule has 0 aliphatic carbocycles. The number of hydrogen-bond acceptors (Lipinski definition) is 3. The van der Waals surface area contributed by atoms with Crippen molar-refractivity contribution in [3.63, 3.8) is 0 Å². The van der Waals surface area contributed by atoms with E-state index in [1.807, 2.05) is 34.0 Å². The average molecular weight is 367 g/mol. The lowest BCUT2D eigenvalue weighted by molar-refractivity contribution is 0.111. The summed E-state index contributed by atoms with van der Waals surface area (Å²) in [7, 11) is 0. The first-order chi connectivity index (χ1) is 12.2. The molecule has 0 saturated carbocycles. The lowest BCUT2D eigenvalue weighted by atomic mass is 10.1. The van der Waals surface area contributed by atoms with Crippen LogP contribution in [-0.4, -0.2) is 15.7 Å². The van der Waals surface area contributed by atoms with Crippen molar-refractivity contribution in [1.82, 2.24) is 9.38 Å². The minimum absolute atomic E-state index is 0.563. The van der Waals surface area contributed by atoms with Crippen molar-refractivity contribution in [3.05, 3.63) is 70.2 Å². The maximum atomic E-state index is 11.8. The van der Waals surface area contributed by atoms with Gasteiger partial charge in [-0.25, -0.2) is 4.98 Å². The average Bonchev–Trinajstić information content (AvgIpc) is 3.21. The second kappa shape index (κ2) is 6.47. The molecule has 4 rings (SSSR count). The summed E-state index contributed by atoms with van der Waals surface area (Å²) in [4.78, 5) is 17.3. The standard InChI is InChI=1S/C20H15ClN2OS/c1-2-13-3-5-14(6-4-13)18-12-25-20-22-19(17(11-24)23(18)20)15-7-9-16(21)10-8-15/h3-12H,2H2,1H3. The van der Waals surface area contributed by atoms with Crippen molar-refractivity contribution in [2.24, 2.45) is 0 Å². The summed E-state index contributed by atoms with van der Waals surface area (Å²) in [6.45, 7) is 2.14. The molecule has 0 spiro atoms. The molecule has 0 amide bonds. The Balaban J connectivity index is 1.90. The van der Waals surface area contributed by atoms with E-state index in [0.717, 1.165) is 34.5 Å². The molecule has 25 heavy (non-hydrogen) atoms. The van der Waals surface area contributed by atoms with Crippen LogP contribution in [0.5, 0.6) is 0 Å². The highest BCUT2D eigenvalue weighted by molar-refractivity contribution is 7.15. The van der Waals surface area contributed by atoms with E-state index in [0.29, 0.717) is 16.4 Å². The number of aldehydes is 1. The van der Waals surface area contributed by atoms with Crippen LogP contribution < -0.4 is 0 Å². The Hall–Kier alpha value is -2.43.